The third-order valence-electron chi connectivity index (χ3n) is 7.44. The van der Waals surface area contributed by atoms with Crippen LogP contribution in [-0.4, -0.2) is 35.3 Å². The van der Waals surface area contributed by atoms with Gasteiger partial charge in [0.25, 0.3) is 0 Å². The Hall–Kier alpha value is -2.42. The number of halogens is 2. The van der Waals surface area contributed by atoms with Crippen molar-refractivity contribution in [3.63, 3.8) is 0 Å². The summed E-state index contributed by atoms with van der Waals surface area (Å²) in [6.45, 7) is 6.30. The van der Waals surface area contributed by atoms with Gasteiger partial charge in [0.2, 0.25) is 10.0 Å². The average Bonchev–Trinajstić information content (AvgIpc) is 2.76. The van der Waals surface area contributed by atoms with Crippen LogP contribution in [0.4, 0.5) is 8.78 Å². The minimum absolute atomic E-state index is 0.0785. The van der Waals surface area contributed by atoms with Crippen LogP contribution in [0.1, 0.15) is 61.5 Å². The first-order chi connectivity index (χ1) is 15.9. The molecule has 1 saturated carbocycles. The summed E-state index contributed by atoms with van der Waals surface area (Å²) < 4.78 is 58.6. The summed E-state index contributed by atoms with van der Waals surface area (Å²) >= 11 is 0. The smallest absolute Gasteiger partial charge is 0.221 e. The van der Waals surface area contributed by atoms with Gasteiger partial charge in [-0.25, -0.2) is 17.2 Å². The summed E-state index contributed by atoms with van der Waals surface area (Å²) in [7, 11) is -3.81. The predicted molar refractivity (Wildman–Crippen MR) is 125 cm³/mol. The second kappa shape index (κ2) is 8.66. The summed E-state index contributed by atoms with van der Waals surface area (Å²) in [5, 5.41) is 9.60. The topological polar surface area (TPSA) is 74.7 Å². The summed E-state index contributed by atoms with van der Waals surface area (Å²) in [4.78, 5) is 12.4. The second-order valence-electron chi connectivity index (χ2n) is 9.64. The van der Waals surface area contributed by atoms with Crippen molar-refractivity contribution in [3.05, 3.63) is 83.4 Å². The summed E-state index contributed by atoms with van der Waals surface area (Å²) in [5.74, 6) is -1.95. The van der Waals surface area contributed by atoms with Crippen LogP contribution in [-0.2, 0) is 26.8 Å². The number of nitrogens with zero attached hydrogens (tertiary/aromatic N) is 1. The average molecular weight is 490 g/mol. The van der Waals surface area contributed by atoms with Crippen molar-refractivity contribution in [2.75, 3.05) is 0 Å². The van der Waals surface area contributed by atoms with E-state index < -0.39 is 37.9 Å². The van der Waals surface area contributed by atoms with E-state index in [9.17, 15) is 18.3 Å². The van der Waals surface area contributed by atoms with Gasteiger partial charge < -0.3 is 5.11 Å². The van der Waals surface area contributed by atoms with Gasteiger partial charge in [0, 0.05) is 23.7 Å². The highest BCUT2D eigenvalue weighted by Crippen LogP contribution is 2.52. The maximum atomic E-state index is 15.3. The van der Waals surface area contributed by atoms with E-state index in [2.05, 4.69) is 6.58 Å². The zero-order chi connectivity index (χ0) is 24.9. The number of sulfonamides is 1. The molecule has 1 N–H and O–H groups in total. The van der Waals surface area contributed by atoms with Crippen molar-refractivity contribution < 1.29 is 27.1 Å². The van der Waals surface area contributed by atoms with Crippen LogP contribution in [0.25, 0.3) is 0 Å². The maximum absolute atomic E-state index is 15.3. The molecule has 0 spiro atoms. The second-order valence-corrected chi connectivity index (χ2v) is 11.7. The molecular formula is C26H29F2NO4S. The molecule has 2 atom stereocenters. The van der Waals surface area contributed by atoms with E-state index in [0.29, 0.717) is 18.4 Å². The lowest BCUT2D eigenvalue weighted by Gasteiger charge is -2.51. The number of ketones is 1. The predicted octanol–water partition coefficient (Wildman–Crippen LogP) is 4.56. The molecule has 2 fully saturated rings. The van der Waals surface area contributed by atoms with Gasteiger partial charge in [-0.2, -0.15) is 4.31 Å². The van der Waals surface area contributed by atoms with Gasteiger partial charge in [0.1, 0.15) is 22.7 Å². The minimum atomic E-state index is -3.81. The first-order valence-corrected chi connectivity index (χ1v) is 12.8. The molecule has 34 heavy (non-hydrogen) atoms. The Morgan fingerprint density at radius 3 is 2.41 bits per heavy atom. The molecule has 2 aromatic rings. The van der Waals surface area contributed by atoms with Crippen LogP contribution >= 0.6 is 0 Å². The molecule has 0 unspecified atom stereocenters. The molecule has 8 heteroatoms. The monoisotopic (exact) mass is 489 g/mol. The van der Waals surface area contributed by atoms with Crippen molar-refractivity contribution in [3.8, 4) is 0 Å². The van der Waals surface area contributed by atoms with Crippen molar-refractivity contribution in [2.45, 2.75) is 68.4 Å². The van der Waals surface area contributed by atoms with Gasteiger partial charge >= 0.3 is 0 Å². The van der Waals surface area contributed by atoms with Crippen LogP contribution in [0.3, 0.4) is 0 Å². The molecule has 1 saturated heterocycles. The van der Waals surface area contributed by atoms with Gasteiger partial charge in [-0.15, -0.1) is 6.58 Å². The van der Waals surface area contributed by atoms with E-state index in [-0.39, 0.29) is 42.3 Å². The molecule has 0 aromatic heterocycles. The third-order valence-corrected chi connectivity index (χ3v) is 9.81. The SMILES string of the molecule is C=CC1(O)CC(C(C)=O)(c2cc(F)c(CN3[C@@H](C)CC[C@H](c4ccccc4)S3(=O)=O)cc2F)C1. The van der Waals surface area contributed by atoms with E-state index in [0.717, 1.165) is 12.1 Å². The molecule has 0 amide bonds. The van der Waals surface area contributed by atoms with E-state index in [4.69, 9.17) is 0 Å². The number of hydrogen-bond acceptors (Lipinski definition) is 4. The molecule has 1 heterocycles. The number of hydrogen-bond donors (Lipinski definition) is 1. The van der Waals surface area contributed by atoms with Crippen molar-refractivity contribution >= 4 is 15.8 Å². The highest BCUT2D eigenvalue weighted by atomic mass is 32.2. The summed E-state index contributed by atoms with van der Waals surface area (Å²) in [5.41, 5.74) is -2.19. The Morgan fingerprint density at radius 2 is 1.82 bits per heavy atom. The van der Waals surface area contributed by atoms with E-state index in [1.54, 1.807) is 31.2 Å². The molecular weight excluding hydrogens is 460 g/mol. The standard InChI is InChI=1S/C26H29F2NO4S/c1-4-25(31)15-26(16-25,18(3)30)21-13-22(27)20(12-23(21)28)14-29-17(2)10-11-24(34(29,32)33)19-8-6-5-7-9-19/h4-9,12-13,17,24,31H,1,10-11,14-16H2,2-3H3/t17-,24+,25?,26?/m0/s1. The van der Waals surface area contributed by atoms with E-state index in [1.807, 2.05) is 6.07 Å². The maximum Gasteiger partial charge on any atom is 0.221 e. The Labute approximate surface area is 199 Å². The lowest BCUT2D eigenvalue weighted by molar-refractivity contribution is -0.136. The van der Waals surface area contributed by atoms with Gasteiger partial charge in [-0.05, 0) is 57.2 Å². The van der Waals surface area contributed by atoms with E-state index >= 15 is 8.78 Å². The van der Waals surface area contributed by atoms with Crippen LogP contribution in [0.15, 0.2) is 55.1 Å². The summed E-state index contributed by atoms with van der Waals surface area (Å²) in [6, 6.07) is 10.5. The zero-order valence-corrected chi connectivity index (χ0v) is 20.1. The van der Waals surface area contributed by atoms with E-state index in [1.165, 1.54) is 17.3 Å². The summed E-state index contributed by atoms with van der Waals surface area (Å²) in [6.07, 6.45) is 2.19. The fourth-order valence-corrected chi connectivity index (χ4v) is 7.55. The molecule has 1 aliphatic carbocycles. The number of Topliss-reactive ketones (excluding diaryl/α,β-unsaturated/α-hetero) is 1. The first-order valence-electron chi connectivity index (χ1n) is 11.3. The number of carbonyl (C=O) groups is 1. The Kier molecular flexibility index (Phi) is 6.29. The van der Waals surface area contributed by atoms with Crippen LogP contribution < -0.4 is 0 Å². The largest absolute Gasteiger partial charge is 0.386 e. The fraction of sp³-hybridized carbons (Fsp3) is 0.423. The molecule has 0 bridgehead atoms. The molecule has 0 radical (unpaired) electrons. The first kappa shape index (κ1) is 24.7. The molecule has 1 aliphatic heterocycles. The van der Waals surface area contributed by atoms with Crippen LogP contribution in [0, 0.1) is 11.6 Å². The van der Waals surface area contributed by atoms with Crippen molar-refractivity contribution in [1.29, 1.82) is 0 Å². The Bertz CT molecular complexity index is 1220. The number of rotatable bonds is 6. The minimum Gasteiger partial charge on any atom is -0.386 e. The van der Waals surface area contributed by atoms with Gasteiger partial charge in [-0.1, -0.05) is 36.4 Å². The van der Waals surface area contributed by atoms with Gasteiger partial charge in [0.05, 0.1) is 11.0 Å². The fourth-order valence-electron chi connectivity index (χ4n) is 5.36. The molecule has 4 rings (SSSR count). The lowest BCUT2D eigenvalue weighted by Crippen LogP contribution is -2.57. The Balaban J connectivity index is 1.66. The number of carbonyl (C=O) groups excluding carboxylic acids is 1. The van der Waals surface area contributed by atoms with Crippen LogP contribution in [0.5, 0.6) is 0 Å². The molecule has 5 nitrogen and oxygen atoms in total. The van der Waals surface area contributed by atoms with Gasteiger partial charge in [-0.3, -0.25) is 4.79 Å². The number of aliphatic hydroxyl groups is 1. The van der Waals surface area contributed by atoms with Crippen molar-refractivity contribution in [2.24, 2.45) is 0 Å². The third kappa shape index (κ3) is 4.01. The van der Waals surface area contributed by atoms with Gasteiger partial charge in [0.15, 0.2) is 0 Å². The quantitative estimate of drug-likeness (QED) is 0.604. The van der Waals surface area contributed by atoms with Crippen molar-refractivity contribution in [1.82, 2.24) is 4.31 Å². The lowest BCUT2D eigenvalue weighted by atomic mass is 9.54. The molecule has 2 aromatic carbocycles. The Morgan fingerprint density at radius 1 is 1.18 bits per heavy atom. The normalized spacial score (nSPS) is 31.0. The highest BCUT2D eigenvalue weighted by molar-refractivity contribution is 7.89. The highest BCUT2D eigenvalue weighted by Gasteiger charge is 2.57. The molecule has 2 aliphatic rings. The molecule has 182 valence electrons. The van der Waals surface area contributed by atoms with Crippen LogP contribution in [0.2, 0.25) is 0 Å². The zero-order valence-electron chi connectivity index (χ0n) is 19.3. The number of benzene rings is 2.